The third-order valence-corrected chi connectivity index (χ3v) is 4.64. The Morgan fingerprint density at radius 3 is 2.81 bits per heavy atom. The number of sulfonamides is 1. The Bertz CT molecular complexity index is 539. The molecule has 2 heterocycles. The molecule has 1 aliphatic heterocycles. The largest absolute Gasteiger partial charge is 0.356 e. The second kappa shape index (κ2) is 7.20. The van der Waals surface area contributed by atoms with Crippen LogP contribution in [0.5, 0.6) is 0 Å². The number of piperidine rings is 1. The number of aromatic nitrogens is 1. The van der Waals surface area contributed by atoms with Crippen molar-refractivity contribution in [1.82, 2.24) is 10.3 Å². The van der Waals surface area contributed by atoms with E-state index in [1.165, 1.54) is 25.1 Å². The van der Waals surface area contributed by atoms with Crippen LogP contribution in [-0.4, -0.2) is 39.6 Å². The monoisotopic (exact) mass is 312 g/mol. The lowest BCUT2D eigenvalue weighted by molar-refractivity contribution is 0.376. The molecule has 1 atom stereocenters. The highest BCUT2D eigenvalue weighted by atomic mass is 32.2. The summed E-state index contributed by atoms with van der Waals surface area (Å²) < 4.78 is 22.5. The predicted molar refractivity (Wildman–Crippen MR) is 83.7 cm³/mol. The number of nitrogens with one attached hydrogen (secondary N) is 1. The molecule has 21 heavy (non-hydrogen) atoms. The highest BCUT2D eigenvalue weighted by Gasteiger charge is 2.18. The van der Waals surface area contributed by atoms with Gasteiger partial charge in [0.05, 0.1) is 0 Å². The number of rotatable bonds is 6. The van der Waals surface area contributed by atoms with Crippen molar-refractivity contribution in [1.29, 1.82) is 0 Å². The van der Waals surface area contributed by atoms with Crippen molar-refractivity contribution < 1.29 is 8.42 Å². The lowest BCUT2D eigenvalue weighted by Crippen LogP contribution is -2.39. The Kier molecular flexibility index (Phi) is 5.55. The summed E-state index contributed by atoms with van der Waals surface area (Å²) in [6.07, 6.45) is 4.80. The summed E-state index contributed by atoms with van der Waals surface area (Å²) in [5.74, 6) is 1.43. The maximum atomic E-state index is 11.3. The average Bonchev–Trinajstić information content (AvgIpc) is 2.47. The maximum absolute atomic E-state index is 11.3. The lowest BCUT2D eigenvalue weighted by atomic mass is 9.99. The van der Waals surface area contributed by atoms with Gasteiger partial charge in [-0.2, -0.15) is 0 Å². The van der Waals surface area contributed by atoms with Crippen LogP contribution in [0.1, 0.15) is 26.2 Å². The number of nitrogens with two attached hydrogens (primary N) is 1. The van der Waals surface area contributed by atoms with E-state index in [0.29, 0.717) is 5.92 Å². The van der Waals surface area contributed by atoms with E-state index in [0.717, 1.165) is 38.4 Å². The fraction of sp³-hybridized carbons (Fsp3) is 0.643. The number of anilines is 1. The summed E-state index contributed by atoms with van der Waals surface area (Å²) in [6, 6.07) is 3.27. The van der Waals surface area contributed by atoms with E-state index in [-0.39, 0.29) is 4.90 Å². The maximum Gasteiger partial charge on any atom is 0.239 e. The fourth-order valence-corrected chi connectivity index (χ4v) is 3.15. The van der Waals surface area contributed by atoms with Crippen molar-refractivity contribution in [3.63, 3.8) is 0 Å². The molecule has 0 amide bonds. The van der Waals surface area contributed by atoms with Crippen molar-refractivity contribution in [3.8, 4) is 0 Å². The summed E-state index contributed by atoms with van der Waals surface area (Å²) in [7, 11) is -3.68. The molecule has 1 saturated heterocycles. The molecular formula is C14H24N4O2S. The van der Waals surface area contributed by atoms with E-state index >= 15 is 0 Å². The SMILES string of the molecule is CCCN(CC1CCCNC1)c1ccc(S(N)(=O)=O)cn1. The molecule has 0 aromatic carbocycles. The second-order valence-electron chi connectivity index (χ2n) is 5.56. The third kappa shape index (κ3) is 4.66. The molecule has 1 aromatic rings. The highest BCUT2D eigenvalue weighted by molar-refractivity contribution is 7.89. The van der Waals surface area contributed by atoms with Crippen LogP contribution in [0.2, 0.25) is 0 Å². The first-order valence-electron chi connectivity index (χ1n) is 7.45. The Hall–Kier alpha value is -1.18. The first-order chi connectivity index (χ1) is 10.0. The van der Waals surface area contributed by atoms with Gasteiger partial charge in [-0.1, -0.05) is 6.92 Å². The van der Waals surface area contributed by atoms with E-state index in [4.69, 9.17) is 5.14 Å². The number of nitrogens with zero attached hydrogens (tertiary/aromatic N) is 2. The predicted octanol–water partition coefficient (Wildman–Crippen LogP) is 0.945. The highest BCUT2D eigenvalue weighted by Crippen LogP contribution is 2.18. The zero-order chi connectivity index (χ0) is 15.3. The summed E-state index contributed by atoms with van der Waals surface area (Å²) in [5, 5.41) is 8.52. The summed E-state index contributed by atoms with van der Waals surface area (Å²) in [6.45, 7) is 6.13. The third-order valence-electron chi connectivity index (χ3n) is 3.74. The van der Waals surface area contributed by atoms with Gasteiger partial charge in [0.1, 0.15) is 10.7 Å². The molecule has 0 saturated carbocycles. The summed E-state index contributed by atoms with van der Waals surface area (Å²) >= 11 is 0. The van der Waals surface area contributed by atoms with Crippen LogP contribution >= 0.6 is 0 Å². The van der Waals surface area contributed by atoms with Crippen molar-refractivity contribution in [3.05, 3.63) is 18.3 Å². The first-order valence-corrected chi connectivity index (χ1v) is 9.00. The first kappa shape index (κ1) is 16.2. The number of primary sulfonamides is 1. The van der Waals surface area contributed by atoms with Crippen LogP contribution in [0.15, 0.2) is 23.2 Å². The second-order valence-corrected chi connectivity index (χ2v) is 7.12. The molecule has 7 heteroatoms. The molecule has 1 aromatic heterocycles. The van der Waals surface area contributed by atoms with Gasteiger partial charge in [0.25, 0.3) is 0 Å². The zero-order valence-electron chi connectivity index (χ0n) is 12.5. The Morgan fingerprint density at radius 1 is 1.48 bits per heavy atom. The minimum absolute atomic E-state index is 0.0574. The van der Waals surface area contributed by atoms with E-state index in [1.54, 1.807) is 6.07 Å². The van der Waals surface area contributed by atoms with Crippen LogP contribution in [0.3, 0.4) is 0 Å². The van der Waals surface area contributed by atoms with Crippen LogP contribution in [0.4, 0.5) is 5.82 Å². The minimum Gasteiger partial charge on any atom is -0.356 e. The van der Waals surface area contributed by atoms with Crippen molar-refractivity contribution in [2.24, 2.45) is 11.1 Å². The zero-order valence-corrected chi connectivity index (χ0v) is 13.3. The molecule has 2 rings (SSSR count). The van der Waals surface area contributed by atoms with Gasteiger partial charge in [-0.05, 0) is 50.4 Å². The molecule has 0 aliphatic carbocycles. The topological polar surface area (TPSA) is 88.3 Å². The molecule has 0 radical (unpaired) electrons. The molecule has 1 fully saturated rings. The summed E-state index contributed by atoms with van der Waals surface area (Å²) in [5.41, 5.74) is 0. The molecule has 1 unspecified atom stereocenters. The van der Waals surface area contributed by atoms with Gasteiger partial charge < -0.3 is 10.2 Å². The van der Waals surface area contributed by atoms with E-state index < -0.39 is 10.0 Å². The number of pyridine rings is 1. The van der Waals surface area contributed by atoms with Gasteiger partial charge in [0.2, 0.25) is 10.0 Å². The Balaban J connectivity index is 2.09. The lowest BCUT2D eigenvalue weighted by Gasteiger charge is -2.30. The smallest absolute Gasteiger partial charge is 0.239 e. The van der Waals surface area contributed by atoms with Gasteiger partial charge >= 0.3 is 0 Å². The van der Waals surface area contributed by atoms with Crippen LogP contribution in [0, 0.1) is 5.92 Å². The van der Waals surface area contributed by atoms with E-state index in [1.807, 2.05) is 0 Å². The minimum atomic E-state index is -3.68. The molecular weight excluding hydrogens is 288 g/mol. The van der Waals surface area contributed by atoms with Crippen molar-refractivity contribution in [2.45, 2.75) is 31.1 Å². The Labute approximate surface area is 126 Å². The molecule has 0 bridgehead atoms. The van der Waals surface area contributed by atoms with Crippen LogP contribution < -0.4 is 15.4 Å². The van der Waals surface area contributed by atoms with Crippen molar-refractivity contribution >= 4 is 15.8 Å². The molecule has 1 aliphatic rings. The summed E-state index contributed by atoms with van der Waals surface area (Å²) in [4.78, 5) is 6.56. The van der Waals surface area contributed by atoms with E-state index in [9.17, 15) is 8.42 Å². The van der Waals surface area contributed by atoms with Crippen LogP contribution in [0.25, 0.3) is 0 Å². The molecule has 3 N–H and O–H groups in total. The van der Waals surface area contributed by atoms with Gasteiger partial charge in [-0.25, -0.2) is 18.5 Å². The van der Waals surface area contributed by atoms with Gasteiger partial charge in [-0.3, -0.25) is 0 Å². The normalized spacial score (nSPS) is 19.4. The quantitative estimate of drug-likeness (QED) is 0.816. The number of hydrogen-bond donors (Lipinski definition) is 2. The fourth-order valence-electron chi connectivity index (χ4n) is 2.69. The Morgan fingerprint density at radius 2 is 2.29 bits per heavy atom. The van der Waals surface area contributed by atoms with Gasteiger partial charge in [0, 0.05) is 19.3 Å². The van der Waals surface area contributed by atoms with Crippen LogP contribution in [-0.2, 0) is 10.0 Å². The van der Waals surface area contributed by atoms with Gasteiger partial charge in [0.15, 0.2) is 0 Å². The van der Waals surface area contributed by atoms with E-state index in [2.05, 4.69) is 22.1 Å². The number of hydrogen-bond acceptors (Lipinski definition) is 5. The van der Waals surface area contributed by atoms with Gasteiger partial charge in [-0.15, -0.1) is 0 Å². The standard InChI is InChI=1S/C14H24N4O2S/c1-2-8-18(11-12-4-3-7-16-9-12)14-6-5-13(10-17-14)21(15,19)20/h5-6,10,12,16H,2-4,7-9,11H2,1H3,(H2,15,19,20). The molecule has 0 spiro atoms. The molecule has 6 nitrogen and oxygen atoms in total. The molecule has 118 valence electrons. The average molecular weight is 312 g/mol. The van der Waals surface area contributed by atoms with Crippen molar-refractivity contribution in [2.75, 3.05) is 31.1 Å².